The predicted molar refractivity (Wildman–Crippen MR) is 51.7 cm³/mol. The number of thiol groups is 1. The Hall–Kier alpha value is -0.540. The number of rotatable bonds is 3. The normalized spacial score (nSPS) is 10.7. The lowest BCUT2D eigenvalue weighted by Crippen LogP contribution is -2.16. The van der Waals surface area contributed by atoms with Crippen molar-refractivity contribution in [2.45, 2.75) is 6.54 Å². The Morgan fingerprint density at radius 3 is 2.67 bits per heavy atom. The summed E-state index contributed by atoms with van der Waals surface area (Å²) in [6.45, 7) is 0.607. The van der Waals surface area contributed by atoms with Crippen molar-refractivity contribution in [2.75, 3.05) is 12.9 Å². The van der Waals surface area contributed by atoms with Gasteiger partial charge in [-0.3, -0.25) is 4.90 Å². The minimum atomic E-state index is -0.147. The Balaban J connectivity index is 2.69. The third kappa shape index (κ3) is 2.50. The lowest BCUT2D eigenvalue weighted by Gasteiger charge is -2.13. The van der Waals surface area contributed by atoms with Gasteiger partial charge in [-0.25, -0.2) is 4.39 Å². The van der Waals surface area contributed by atoms with Crippen molar-refractivity contribution < 1.29 is 4.39 Å². The van der Waals surface area contributed by atoms with Gasteiger partial charge in [0.15, 0.2) is 0 Å². The van der Waals surface area contributed by atoms with E-state index in [-0.39, 0.29) is 5.82 Å². The molecule has 0 heterocycles. The van der Waals surface area contributed by atoms with Crippen LogP contribution in [0, 0.1) is 5.82 Å². The molecule has 0 amide bonds. The maximum absolute atomic E-state index is 13.0. The monoisotopic (exact) mass is 185 g/mol. The molecule has 0 aromatic heterocycles. The summed E-state index contributed by atoms with van der Waals surface area (Å²) in [4.78, 5) is 1.93. The fourth-order valence-corrected chi connectivity index (χ4v) is 1.07. The first kappa shape index (κ1) is 9.55. The van der Waals surface area contributed by atoms with Crippen molar-refractivity contribution in [2.24, 2.45) is 0 Å². The number of benzene rings is 1. The molecule has 1 nitrogen and oxygen atoms in total. The van der Waals surface area contributed by atoms with E-state index >= 15 is 0 Å². The summed E-state index contributed by atoms with van der Waals surface area (Å²) in [7, 11) is 1.90. The minimum Gasteiger partial charge on any atom is -0.293 e. The maximum Gasteiger partial charge on any atom is 0.127 e. The van der Waals surface area contributed by atoms with Gasteiger partial charge in [0, 0.05) is 18.0 Å². The first-order valence-corrected chi connectivity index (χ1v) is 4.40. The largest absolute Gasteiger partial charge is 0.293 e. The van der Waals surface area contributed by atoms with E-state index < -0.39 is 0 Å². The molecule has 0 radical (unpaired) electrons. The molecule has 0 aliphatic carbocycles. The highest BCUT2D eigenvalue weighted by atomic mass is 32.1. The highest BCUT2D eigenvalue weighted by Crippen LogP contribution is 2.08. The molecule has 0 unspecified atom stereocenters. The lowest BCUT2D eigenvalue weighted by molar-refractivity contribution is 0.378. The zero-order valence-corrected chi connectivity index (χ0v) is 7.89. The molecule has 1 aromatic carbocycles. The van der Waals surface area contributed by atoms with Gasteiger partial charge < -0.3 is 0 Å². The summed E-state index contributed by atoms with van der Waals surface area (Å²) < 4.78 is 13.0. The highest BCUT2D eigenvalue weighted by Gasteiger charge is 2.02. The quantitative estimate of drug-likeness (QED) is 0.558. The highest BCUT2D eigenvalue weighted by molar-refractivity contribution is 7.80. The molecule has 0 spiro atoms. The Labute approximate surface area is 77.6 Å². The van der Waals surface area contributed by atoms with Crippen molar-refractivity contribution in [1.29, 1.82) is 0 Å². The summed E-state index contributed by atoms with van der Waals surface area (Å²) in [6, 6.07) is 6.79. The third-order valence-electron chi connectivity index (χ3n) is 1.64. The molecule has 0 bridgehead atoms. The first-order valence-electron chi connectivity index (χ1n) is 3.77. The van der Waals surface area contributed by atoms with Gasteiger partial charge in [0.1, 0.15) is 5.82 Å². The zero-order valence-electron chi connectivity index (χ0n) is 7.00. The van der Waals surface area contributed by atoms with Crippen LogP contribution in [0.5, 0.6) is 0 Å². The molecule has 12 heavy (non-hydrogen) atoms. The predicted octanol–water partition coefficient (Wildman–Crippen LogP) is 2.14. The Morgan fingerprint density at radius 2 is 2.08 bits per heavy atom. The van der Waals surface area contributed by atoms with Crippen molar-refractivity contribution in [3.8, 4) is 0 Å². The van der Waals surface area contributed by atoms with Crippen LogP contribution in [-0.4, -0.2) is 17.8 Å². The van der Waals surface area contributed by atoms with Crippen LogP contribution in [0.25, 0.3) is 0 Å². The number of halogens is 1. The van der Waals surface area contributed by atoms with E-state index in [4.69, 9.17) is 0 Å². The van der Waals surface area contributed by atoms with E-state index in [0.717, 1.165) is 0 Å². The summed E-state index contributed by atoms with van der Waals surface area (Å²) >= 11 is 4.08. The molecule has 0 N–H and O–H groups in total. The van der Waals surface area contributed by atoms with Crippen molar-refractivity contribution >= 4 is 12.6 Å². The fourth-order valence-electron chi connectivity index (χ4n) is 0.967. The summed E-state index contributed by atoms with van der Waals surface area (Å²) in [6.07, 6.45) is 0. The lowest BCUT2D eigenvalue weighted by atomic mass is 10.2. The second-order valence-corrected chi connectivity index (χ2v) is 3.03. The number of nitrogens with zero attached hydrogens (tertiary/aromatic N) is 1. The number of hydrogen-bond donors (Lipinski definition) is 1. The molecule has 0 saturated carbocycles. The van der Waals surface area contributed by atoms with Crippen molar-refractivity contribution in [1.82, 2.24) is 4.90 Å². The number of hydrogen-bond acceptors (Lipinski definition) is 2. The summed E-state index contributed by atoms with van der Waals surface area (Å²) in [5.74, 6) is 0.486. The average Bonchev–Trinajstić information content (AvgIpc) is 2.09. The van der Waals surface area contributed by atoms with Crippen LogP contribution in [-0.2, 0) is 6.54 Å². The molecule has 0 aliphatic rings. The minimum absolute atomic E-state index is 0.147. The van der Waals surface area contributed by atoms with Crippen molar-refractivity contribution in [3.63, 3.8) is 0 Å². The molecular weight excluding hydrogens is 173 g/mol. The van der Waals surface area contributed by atoms with E-state index in [9.17, 15) is 4.39 Å². The smallest absolute Gasteiger partial charge is 0.127 e. The van der Waals surface area contributed by atoms with Gasteiger partial charge in [0.25, 0.3) is 0 Å². The first-order chi connectivity index (χ1) is 5.74. The maximum atomic E-state index is 13.0. The van der Waals surface area contributed by atoms with Crippen LogP contribution >= 0.6 is 12.6 Å². The molecule has 1 rings (SSSR count). The van der Waals surface area contributed by atoms with Crippen LogP contribution in [0.4, 0.5) is 4.39 Å². The summed E-state index contributed by atoms with van der Waals surface area (Å²) in [5.41, 5.74) is 0.717. The Bertz CT molecular complexity index is 252. The van der Waals surface area contributed by atoms with Gasteiger partial charge in [-0.1, -0.05) is 18.2 Å². The topological polar surface area (TPSA) is 3.24 Å². The van der Waals surface area contributed by atoms with E-state index in [0.29, 0.717) is 18.0 Å². The van der Waals surface area contributed by atoms with Crippen molar-refractivity contribution in [3.05, 3.63) is 35.6 Å². The van der Waals surface area contributed by atoms with Gasteiger partial charge in [-0.2, -0.15) is 12.6 Å². The molecular formula is C9H12FNS. The molecule has 3 heteroatoms. The summed E-state index contributed by atoms with van der Waals surface area (Å²) in [5, 5.41) is 0. The van der Waals surface area contributed by atoms with Crippen LogP contribution in [0.2, 0.25) is 0 Å². The fraction of sp³-hybridized carbons (Fsp3) is 0.333. The van der Waals surface area contributed by atoms with E-state index in [1.54, 1.807) is 12.1 Å². The zero-order chi connectivity index (χ0) is 8.97. The van der Waals surface area contributed by atoms with Crippen LogP contribution in [0.15, 0.2) is 24.3 Å². The second kappa shape index (κ2) is 4.48. The van der Waals surface area contributed by atoms with E-state index in [1.807, 2.05) is 18.0 Å². The van der Waals surface area contributed by atoms with E-state index in [1.165, 1.54) is 6.07 Å². The van der Waals surface area contributed by atoms with Crippen LogP contribution in [0.3, 0.4) is 0 Å². The van der Waals surface area contributed by atoms with Crippen LogP contribution in [0.1, 0.15) is 5.56 Å². The molecule has 0 atom stereocenters. The van der Waals surface area contributed by atoms with Gasteiger partial charge in [-0.15, -0.1) is 0 Å². The second-order valence-electron chi connectivity index (χ2n) is 2.75. The van der Waals surface area contributed by atoms with E-state index in [2.05, 4.69) is 12.6 Å². The molecule has 0 fully saturated rings. The van der Waals surface area contributed by atoms with Gasteiger partial charge >= 0.3 is 0 Å². The molecule has 1 aromatic rings. The van der Waals surface area contributed by atoms with Gasteiger partial charge in [0.05, 0.1) is 0 Å². The standard InChI is InChI=1S/C9H12FNS/c1-11(7-12)6-8-4-2-3-5-9(8)10/h2-5,12H,6-7H2,1H3. The molecule has 0 saturated heterocycles. The molecule has 66 valence electrons. The SMILES string of the molecule is CN(CS)Cc1ccccc1F. The van der Waals surface area contributed by atoms with Gasteiger partial charge in [-0.05, 0) is 13.1 Å². The average molecular weight is 185 g/mol. The third-order valence-corrected chi connectivity index (χ3v) is 2.12. The Kier molecular flexibility index (Phi) is 3.56. The van der Waals surface area contributed by atoms with Crippen LogP contribution < -0.4 is 0 Å². The van der Waals surface area contributed by atoms with Gasteiger partial charge in [0.2, 0.25) is 0 Å². The Morgan fingerprint density at radius 1 is 1.42 bits per heavy atom. The molecule has 0 aliphatic heterocycles.